The van der Waals surface area contributed by atoms with Crippen molar-refractivity contribution < 1.29 is 4.79 Å². The van der Waals surface area contributed by atoms with Crippen molar-refractivity contribution in [2.75, 3.05) is 11.9 Å². The smallest absolute Gasteiger partial charge is 0.265 e. The maximum absolute atomic E-state index is 12.4. The summed E-state index contributed by atoms with van der Waals surface area (Å²) in [5.74, 6) is -0.0520. The molecule has 1 amide bonds. The standard InChI is InChI=1S/C16H15N3OS2/c20-16(15-6-5-14(22-15)11-2-1-7-17-11)19-10-3-4-13-12(8-10)18-9-21-13/h3-6,8-9,11,17H,1-2,7H2,(H,19,20). The normalized spacial score (nSPS) is 17.9. The Bertz CT molecular complexity index is 818. The van der Waals surface area contributed by atoms with E-state index in [4.69, 9.17) is 0 Å². The van der Waals surface area contributed by atoms with Gasteiger partial charge >= 0.3 is 0 Å². The molecule has 2 N–H and O–H groups in total. The number of benzene rings is 1. The molecule has 1 aromatic carbocycles. The van der Waals surface area contributed by atoms with Crippen LogP contribution in [0.25, 0.3) is 10.2 Å². The van der Waals surface area contributed by atoms with Gasteiger partial charge in [-0.05, 0) is 49.7 Å². The average Bonchev–Trinajstić information content (AvgIpc) is 3.26. The van der Waals surface area contributed by atoms with Gasteiger partial charge in [0.2, 0.25) is 0 Å². The van der Waals surface area contributed by atoms with Crippen LogP contribution in [0, 0.1) is 0 Å². The molecule has 1 fully saturated rings. The summed E-state index contributed by atoms with van der Waals surface area (Å²) in [4.78, 5) is 18.7. The number of fused-ring (bicyclic) bond motifs is 1. The second-order valence-electron chi connectivity index (χ2n) is 5.34. The van der Waals surface area contributed by atoms with Gasteiger partial charge in [0.1, 0.15) is 0 Å². The van der Waals surface area contributed by atoms with E-state index in [9.17, 15) is 4.79 Å². The van der Waals surface area contributed by atoms with E-state index in [1.807, 2.05) is 29.8 Å². The Balaban J connectivity index is 1.51. The zero-order valence-corrected chi connectivity index (χ0v) is 13.5. The number of carbonyl (C=O) groups excluding carboxylic acids is 1. The Morgan fingerprint density at radius 3 is 3.14 bits per heavy atom. The molecule has 1 aliphatic rings. The van der Waals surface area contributed by atoms with Crippen molar-refractivity contribution in [1.82, 2.24) is 10.3 Å². The third-order valence-electron chi connectivity index (χ3n) is 3.84. The molecule has 1 aliphatic heterocycles. The first kappa shape index (κ1) is 13.9. The van der Waals surface area contributed by atoms with Crippen molar-refractivity contribution in [2.45, 2.75) is 18.9 Å². The minimum Gasteiger partial charge on any atom is -0.321 e. The molecule has 0 bridgehead atoms. The van der Waals surface area contributed by atoms with E-state index < -0.39 is 0 Å². The molecule has 112 valence electrons. The molecule has 6 heteroatoms. The number of hydrogen-bond acceptors (Lipinski definition) is 5. The SMILES string of the molecule is O=C(Nc1ccc2scnc2c1)c1ccc(C2CCCN2)s1. The van der Waals surface area contributed by atoms with Crippen LogP contribution < -0.4 is 10.6 Å². The fraction of sp³-hybridized carbons (Fsp3) is 0.250. The largest absolute Gasteiger partial charge is 0.321 e. The Kier molecular flexibility index (Phi) is 3.65. The highest BCUT2D eigenvalue weighted by Gasteiger charge is 2.19. The Hall–Kier alpha value is -1.76. The molecular formula is C16H15N3OS2. The Labute approximate surface area is 136 Å². The van der Waals surface area contributed by atoms with E-state index in [1.165, 1.54) is 11.3 Å². The third-order valence-corrected chi connectivity index (χ3v) is 5.85. The molecule has 3 aromatic rings. The number of nitrogens with one attached hydrogen (secondary N) is 2. The van der Waals surface area contributed by atoms with Gasteiger partial charge in [0.15, 0.2) is 0 Å². The van der Waals surface area contributed by atoms with Crippen LogP contribution in [0.5, 0.6) is 0 Å². The van der Waals surface area contributed by atoms with Gasteiger partial charge < -0.3 is 10.6 Å². The summed E-state index contributed by atoms with van der Waals surface area (Å²) in [5, 5.41) is 6.42. The van der Waals surface area contributed by atoms with Crippen molar-refractivity contribution in [2.24, 2.45) is 0 Å². The lowest BCUT2D eigenvalue weighted by molar-refractivity contribution is 0.103. The molecule has 0 radical (unpaired) electrons. The van der Waals surface area contributed by atoms with Crippen LogP contribution in [0.15, 0.2) is 35.8 Å². The maximum Gasteiger partial charge on any atom is 0.265 e. The molecule has 1 unspecified atom stereocenters. The lowest BCUT2D eigenvalue weighted by Gasteiger charge is -2.06. The predicted molar refractivity (Wildman–Crippen MR) is 91.9 cm³/mol. The predicted octanol–water partition coefficient (Wildman–Crippen LogP) is 4.03. The summed E-state index contributed by atoms with van der Waals surface area (Å²) in [7, 11) is 0. The first-order valence-corrected chi connectivity index (χ1v) is 8.97. The summed E-state index contributed by atoms with van der Waals surface area (Å²) >= 11 is 3.17. The molecule has 0 aliphatic carbocycles. The number of anilines is 1. The second-order valence-corrected chi connectivity index (χ2v) is 7.34. The van der Waals surface area contributed by atoms with Gasteiger partial charge in [-0.1, -0.05) is 0 Å². The number of nitrogens with zero attached hydrogens (tertiary/aromatic N) is 1. The van der Waals surface area contributed by atoms with E-state index in [0.717, 1.165) is 33.7 Å². The summed E-state index contributed by atoms with van der Waals surface area (Å²) in [6.45, 7) is 1.07. The first-order valence-electron chi connectivity index (χ1n) is 7.27. The second kappa shape index (κ2) is 5.79. The Morgan fingerprint density at radius 2 is 2.27 bits per heavy atom. The highest BCUT2D eigenvalue weighted by Crippen LogP contribution is 2.30. The number of aromatic nitrogens is 1. The summed E-state index contributed by atoms with van der Waals surface area (Å²) in [5.41, 5.74) is 3.53. The van der Waals surface area contributed by atoms with Crippen molar-refractivity contribution in [3.63, 3.8) is 0 Å². The molecule has 0 saturated carbocycles. The van der Waals surface area contributed by atoms with Crippen LogP contribution >= 0.6 is 22.7 Å². The van der Waals surface area contributed by atoms with Gasteiger partial charge in [-0.2, -0.15) is 0 Å². The van der Waals surface area contributed by atoms with Crippen LogP contribution in [0.3, 0.4) is 0 Å². The molecule has 3 heterocycles. The number of hydrogen-bond donors (Lipinski definition) is 2. The van der Waals surface area contributed by atoms with Gasteiger partial charge in [0.25, 0.3) is 5.91 Å². The van der Waals surface area contributed by atoms with Gasteiger partial charge in [0, 0.05) is 16.6 Å². The number of thiophene rings is 1. The highest BCUT2D eigenvalue weighted by molar-refractivity contribution is 7.16. The van der Waals surface area contributed by atoms with Crippen molar-refractivity contribution in [1.29, 1.82) is 0 Å². The van der Waals surface area contributed by atoms with E-state index in [2.05, 4.69) is 21.7 Å². The van der Waals surface area contributed by atoms with Crippen molar-refractivity contribution in [3.8, 4) is 0 Å². The summed E-state index contributed by atoms with van der Waals surface area (Å²) in [6, 6.07) is 10.2. The third kappa shape index (κ3) is 2.65. The minimum absolute atomic E-state index is 0.0520. The van der Waals surface area contributed by atoms with Crippen LogP contribution in [0.4, 0.5) is 5.69 Å². The number of rotatable bonds is 3. The number of carbonyl (C=O) groups is 1. The van der Waals surface area contributed by atoms with Crippen LogP contribution in [-0.2, 0) is 0 Å². The zero-order chi connectivity index (χ0) is 14.9. The minimum atomic E-state index is -0.0520. The lowest BCUT2D eigenvalue weighted by Crippen LogP contribution is -2.11. The fourth-order valence-electron chi connectivity index (χ4n) is 2.72. The van der Waals surface area contributed by atoms with Crippen LogP contribution in [0.1, 0.15) is 33.4 Å². The van der Waals surface area contributed by atoms with E-state index in [-0.39, 0.29) is 5.91 Å². The van der Waals surface area contributed by atoms with Gasteiger partial charge in [-0.3, -0.25) is 4.79 Å². The molecule has 22 heavy (non-hydrogen) atoms. The van der Waals surface area contributed by atoms with Crippen molar-refractivity contribution >= 4 is 44.5 Å². The van der Waals surface area contributed by atoms with E-state index >= 15 is 0 Å². The zero-order valence-electron chi connectivity index (χ0n) is 11.8. The molecule has 2 aromatic heterocycles. The molecule has 1 saturated heterocycles. The van der Waals surface area contributed by atoms with Crippen LogP contribution in [-0.4, -0.2) is 17.4 Å². The molecule has 4 nitrogen and oxygen atoms in total. The molecule has 1 atom stereocenters. The molecular weight excluding hydrogens is 314 g/mol. The van der Waals surface area contributed by atoms with Crippen molar-refractivity contribution in [3.05, 3.63) is 45.6 Å². The van der Waals surface area contributed by atoms with E-state index in [1.54, 1.807) is 22.7 Å². The summed E-state index contributed by atoms with van der Waals surface area (Å²) < 4.78 is 1.13. The quantitative estimate of drug-likeness (QED) is 0.762. The molecule has 4 rings (SSSR count). The first-order chi connectivity index (χ1) is 10.8. The summed E-state index contributed by atoms with van der Waals surface area (Å²) in [6.07, 6.45) is 2.36. The lowest BCUT2D eigenvalue weighted by atomic mass is 10.2. The fourth-order valence-corrected chi connectivity index (χ4v) is 4.39. The van der Waals surface area contributed by atoms with Gasteiger partial charge in [0.05, 0.1) is 20.6 Å². The van der Waals surface area contributed by atoms with Crippen LogP contribution in [0.2, 0.25) is 0 Å². The number of thiazole rings is 1. The topological polar surface area (TPSA) is 54.0 Å². The number of amides is 1. The maximum atomic E-state index is 12.4. The Morgan fingerprint density at radius 1 is 1.32 bits per heavy atom. The molecule has 0 spiro atoms. The average molecular weight is 329 g/mol. The van der Waals surface area contributed by atoms with E-state index in [0.29, 0.717) is 6.04 Å². The monoisotopic (exact) mass is 329 g/mol. The highest BCUT2D eigenvalue weighted by atomic mass is 32.1. The van der Waals surface area contributed by atoms with Gasteiger partial charge in [-0.15, -0.1) is 22.7 Å². The van der Waals surface area contributed by atoms with Gasteiger partial charge in [-0.25, -0.2) is 4.98 Å².